The number of carbonyl (C=O) groups excluding carboxylic acids is 1. The number of nitrogens with zero attached hydrogens (tertiary/aromatic N) is 3. The van der Waals surface area contributed by atoms with Crippen LogP contribution in [0.15, 0.2) is 24.4 Å². The summed E-state index contributed by atoms with van der Waals surface area (Å²) in [4.78, 5) is 23.1. The predicted octanol–water partition coefficient (Wildman–Crippen LogP) is 3.66. The van der Waals surface area contributed by atoms with Gasteiger partial charge in [0, 0.05) is 32.0 Å². The first-order valence-electron chi connectivity index (χ1n) is 10.1. The van der Waals surface area contributed by atoms with E-state index in [-0.39, 0.29) is 30.3 Å². The molecule has 1 aliphatic heterocycles. The Morgan fingerprint density at radius 1 is 1.39 bits per heavy atom. The molecule has 0 bridgehead atoms. The van der Waals surface area contributed by atoms with Crippen molar-refractivity contribution in [3.63, 3.8) is 0 Å². The molecule has 31 heavy (non-hydrogen) atoms. The van der Waals surface area contributed by atoms with Crippen molar-refractivity contribution in [1.29, 1.82) is 0 Å². The molecule has 1 saturated carbocycles. The molecular weight excluding hydrogens is 433 g/mol. The number of carbonyl (C=O) groups is 1. The highest BCUT2D eigenvalue weighted by molar-refractivity contribution is 6.30. The minimum Gasteiger partial charge on any atom is -0.394 e. The van der Waals surface area contributed by atoms with E-state index in [9.17, 15) is 23.1 Å². The van der Waals surface area contributed by atoms with Crippen LogP contribution in [-0.2, 0) is 19.4 Å². The highest BCUT2D eigenvalue weighted by Crippen LogP contribution is 2.43. The summed E-state index contributed by atoms with van der Waals surface area (Å²) < 4.78 is 39.9. The van der Waals surface area contributed by atoms with Gasteiger partial charge in [-0.25, -0.2) is 27.9 Å². The van der Waals surface area contributed by atoms with E-state index in [1.165, 1.54) is 12.1 Å². The Kier molecular flexibility index (Phi) is 6.07. The summed E-state index contributed by atoms with van der Waals surface area (Å²) >= 11 is 5.69. The number of hydrogen-bond acceptors (Lipinski definition) is 4. The molecule has 1 fully saturated rings. The third-order valence-electron chi connectivity index (χ3n) is 5.76. The van der Waals surface area contributed by atoms with Crippen LogP contribution in [0, 0.1) is 11.7 Å². The number of aliphatic hydroxyl groups is 1. The second-order valence-corrected chi connectivity index (χ2v) is 8.53. The lowest BCUT2D eigenvalue weighted by Crippen LogP contribution is -2.45. The number of fused-ring (bicyclic) bond motifs is 1. The zero-order valence-corrected chi connectivity index (χ0v) is 17.4. The molecule has 0 unspecified atom stereocenters. The molecule has 0 saturated heterocycles. The number of aliphatic hydroxyl groups excluding tert-OH is 1. The monoisotopic (exact) mass is 454 g/mol. The number of halogens is 4. The predicted molar refractivity (Wildman–Crippen MR) is 107 cm³/mol. The van der Waals surface area contributed by atoms with Crippen molar-refractivity contribution in [3.8, 4) is 0 Å². The Morgan fingerprint density at radius 2 is 2.16 bits per heavy atom. The Morgan fingerprint density at radius 3 is 2.84 bits per heavy atom. The van der Waals surface area contributed by atoms with Crippen LogP contribution in [-0.4, -0.2) is 45.1 Å². The van der Waals surface area contributed by atoms with E-state index in [0.29, 0.717) is 36.5 Å². The maximum atomic E-state index is 13.7. The number of rotatable bonds is 5. The molecule has 6 nitrogen and oxygen atoms in total. The summed E-state index contributed by atoms with van der Waals surface area (Å²) in [6, 6.07) is 2.88. The quantitative estimate of drug-likeness (QED) is 0.722. The third-order valence-corrected chi connectivity index (χ3v) is 6.06. The van der Waals surface area contributed by atoms with Crippen molar-refractivity contribution in [1.82, 2.24) is 20.2 Å². The summed E-state index contributed by atoms with van der Waals surface area (Å²) in [5.74, 6) is -2.83. The van der Waals surface area contributed by atoms with Crippen LogP contribution in [0.4, 0.5) is 18.0 Å². The van der Waals surface area contributed by atoms with Crippen molar-refractivity contribution in [3.05, 3.63) is 57.9 Å². The van der Waals surface area contributed by atoms with Gasteiger partial charge in [-0.1, -0.05) is 17.7 Å². The normalized spacial score (nSPS) is 18.8. The first-order chi connectivity index (χ1) is 14.7. The Hall–Kier alpha value is -2.39. The molecule has 1 aliphatic carbocycles. The molecule has 10 heteroatoms. The largest absolute Gasteiger partial charge is 0.394 e. The van der Waals surface area contributed by atoms with Gasteiger partial charge in [-0.2, -0.15) is 0 Å². The molecule has 1 atom stereocenters. The molecule has 1 aromatic carbocycles. The summed E-state index contributed by atoms with van der Waals surface area (Å²) in [6.45, 7) is 0.268. The van der Waals surface area contributed by atoms with Gasteiger partial charge in [0.1, 0.15) is 11.6 Å². The molecule has 166 valence electrons. The van der Waals surface area contributed by atoms with Crippen LogP contribution < -0.4 is 5.32 Å². The Bertz CT molecular complexity index is 983. The van der Waals surface area contributed by atoms with E-state index >= 15 is 0 Å². The van der Waals surface area contributed by atoms with E-state index in [2.05, 4.69) is 15.3 Å². The third kappa shape index (κ3) is 4.93. The van der Waals surface area contributed by atoms with Gasteiger partial charge in [-0.3, -0.25) is 0 Å². The molecule has 4 rings (SSSR count). The zero-order valence-electron chi connectivity index (χ0n) is 16.6. The number of amides is 2. The maximum absolute atomic E-state index is 13.7. The minimum absolute atomic E-state index is 0.0412. The van der Waals surface area contributed by atoms with Gasteiger partial charge in [0.2, 0.25) is 5.92 Å². The molecule has 2 aliphatic rings. The number of benzene rings is 1. The van der Waals surface area contributed by atoms with Crippen LogP contribution in [0.5, 0.6) is 0 Å². The van der Waals surface area contributed by atoms with E-state index in [0.717, 1.165) is 5.56 Å². The lowest BCUT2D eigenvalue weighted by Gasteiger charge is -2.34. The number of alkyl halides is 2. The summed E-state index contributed by atoms with van der Waals surface area (Å²) in [5.41, 5.74) is 2.01. The topological polar surface area (TPSA) is 78.4 Å². The van der Waals surface area contributed by atoms with Gasteiger partial charge in [0.05, 0.1) is 29.9 Å². The maximum Gasteiger partial charge on any atom is 0.318 e. The average Bonchev–Trinajstić information content (AvgIpc) is 2.72. The van der Waals surface area contributed by atoms with E-state index in [1.54, 1.807) is 17.2 Å². The van der Waals surface area contributed by atoms with Crippen LogP contribution in [0.25, 0.3) is 0 Å². The first-order valence-corrected chi connectivity index (χ1v) is 10.4. The first kappa shape index (κ1) is 21.8. The van der Waals surface area contributed by atoms with Crippen molar-refractivity contribution < 1.29 is 23.1 Å². The number of hydrogen-bond donors (Lipinski definition) is 2. The SMILES string of the molecule is O=C(N[C@H](CO)c1ccc(Cl)c(F)c1)N1CCc2cnc(CC3CC(F)(F)C3)nc2C1. The Balaban J connectivity index is 1.40. The fourth-order valence-electron chi connectivity index (χ4n) is 4.01. The fraction of sp³-hybridized carbons (Fsp3) is 0.476. The van der Waals surface area contributed by atoms with Gasteiger partial charge in [-0.15, -0.1) is 0 Å². The Labute approximate surface area is 182 Å². The summed E-state index contributed by atoms with van der Waals surface area (Å²) in [7, 11) is 0. The van der Waals surface area contributed by atoms with Crippen molar-refractivity contribution in [2.24, 2.45) is 5.92 Å². The van der Waals surface area contributed by atoms with Crippen LogP contribution in [0.3, 0.4) is 0 Å². The smallest absolute Gasteiger partial charge is 0.318 e. The number of urea groups is 1. The number of nitrogens with one attached hydrogen (secondary N) is 1. The highest BCUT2D eigenvalue weighted by atomic mass is 35.5. The molecule has 2 heterocycles. The lowest BCUT2D eigenvalue weighted by atomic mass is 9.79. The molecule has 0 radical (unpaired) electrons. The second kappa shape index (κ2) is 8.63. The second-order valence-electron chi connectivity index (χ2n) is 8.12. The average molecular weight is 455 g/mol. The van der Waals surface area contributed by atoms with E-state index in [1.807, 2.05) is 0 Å². The number of aromatic nitrogens is 2. The van der Waals surface area contributed by atoms with Gasteiger partial charge in [-0.05, 0) is 35.6 Å². The molecule has 0 spiro atoms. The van der Waals surface area contributed by atoms with Gasteiger partial charge in [0.15, 0.2) is 0 Å². The molecular formula is C21H22ClF3N4O2. The standard InChI is InChI=1S/C21H22ClF3N4O2/c22-15-2-1-13(6-16(15)23)18(11-30)28-20(31)29-4-3-14-9-26-19(27-17(14)10-29)5-12-7-21(24,25)8-12/h1-2,6,9,12,18,30H,3-5,7-8,10-11H2,(H,28,31)/t18-/m1/s1. The van der Waals surface area contributed by atoms with Crippen LogP contribution in [0.1, 0.15) is 41.5 Å². The van der Waals surface area contributed by atoms with Crippen LogP contribution in [0.2, 0.25) is 5.02 Å². The van der Waals surface area contributed by atoms with Crippen molar-refractivity contribution in [2.75, 3.05) is 13.2 Å². The minimum atomic E-state index is -2.58. The van der Waals surface area contributed by atoms with Crippen molar-refractivity contribution in [2.45, 2.75) is 44.2 Å². The van der Waals surface area contributed by atoms with E-state index < -0.39 is 30.4 Å². The molecule has 2 N–H and O–H groups in total. The zero-order chi connectivity index (χ0) is 22.2. The lowest BCUT2D eigenvalue weighted by molar-refractivity contribution is -0.110. The van der Waals surface area contributed by atoms with Crippen LogP contribution >= 0.6 is 11.6 Å². The van der Waals surface area contributed by atoms with Gasteiger partial charge < -0.3 is 15.3 Å². The van der Waals surface area contributed by atoms with Gasteiger partial charge in [0.25, 0.3) is 0 Å². The van der Waals surface area contributed by atoms with Crippen molar-refractivity contribution >= 4 is 17.6 Å². The highest BCUT2D eigenvalue weighted by Gasteiger charge is 2.45. The molecule has 2 aromatic rings. The fourth-order valence-corrected chi connectivity index (χ4v) is 4.12. The molecule has 2 amide bonds. The summed E-state index contributed by atoms with van der Waals surface area (Å²) in [6.07, 6.45) is 2.37. The summed E-state index contributed by atoms with van der Waals surface area (Å²) in [5, 5.41) is 12.3. The molecule has 1 aromatic heterocycles. The van der Waals surface area contributed by atoms with E-state index in [4.69, 9.17) is 11.6 Å². The van der Waals surface area contributed by atoms with Gasteiger partial charge >= 0.3 is 6.03 Å².